The molecule has 0 bridgehead atoms. The highest BCUT2D eigenvalue weighted by atomic mass is 19.4. The third-order valence-electron chi connectivity index (χ3n) is 4.88. The van der Waals surface area contributed by atoms with E-state index < -0.39 is 58.0 Å². The van der Waals surface area contributed by atoms with Crippen molar-refractivity contribution in [3.05, 3.63) is 59.2 Å². The average Bonchev–Trinajstić information content (AvgIpc) is 2.88. The van der Waals surface area contributed by atoms with Gasteiger partial charge in [-0.05, 0) is 35.9 Å². The highest BCUT2D eigenvalue weighted by Crippen LogP contribution is 2.50. The average molecular weight is 443 g/mol. The zero-order chi connectivity index (χ0) is 23.4. The molecule has 1 atom stereocenters. The minimum atomic E-state index is -5.36. The Morgan fingerprint density at radius 3 is 2.06 bits per heavy atom. The lowest BCUT2D eigenvalue weighted by Crippen LogP contribution is -2.56. The first-order valence-electron chi connectivity index (χ1n) is 8.36. The van der Waals surface area contributed by atoms with Crippen molar-refractivity contribution in [1.29, 1.82) is 5.26 Å². The van der Waals surface area contributed by atoms with Gasteiger partial charge >= 0.3 is 18.4 Å². The van der Waals surface area contributed by atoms with Crippen LogP contribution < -0.4 is 4.90 Å². The normalized spacial score (nSPS) is 19.7. The number of carbonyl (C=O) groups is 2. The van der Waals surface area contributed by atoms with Crippen molar-refractivity contribution in [1.82, 2.24) is 4.90 Å². The molecule has 12 heteroatoms. The van der Waals surface area contributed by atoms with E-state index in [1.807, 2.05) is 0 Å². The summed E-state index contributed by atoms with van der Waals surface area (Å²) in [5, 5.41) is 18.2. The zero-order valence-corrected chi connectivity index (χ0v) is 15.4. The third kappa shape index (κ3) is 3.13. The van der Waals surface area contributed by atoms with Crippen LogP contribution in [0.1, 0.15) is 16.7 Å². The standard InChI is InChI=1S/C19H11F6N3O3/c1-27-16(31)28(12-5-2-10(9-26)14(8-12)18(20,21)22)15(30)17(27,19(23,24)25)11-3-6-13(29)7-4-11/h2-8,29H,1H3. The van der Waals surface area contributed by atoms with E-state index in [4.69, 9.17) is 5.26 Å². The quantitative estimate of drug-likeness (QED) is 0.559. The number of alkyl halides is 6. The summed E-state index contributed by atoms with van der Waals surface area (Å²) in [6.07, 6.45) is -10.4. The Kier molecular flexibility index (Phi) is 4.88. The van der Waals surface area contributed by atoms with Gasteiger partial charge in [-0.3, -0.25) is 4.79 Å². The fraction of sp³-hybridized carbons (Fsp3) is 0.211. The van der Waals surface area contributed by atoms with Crippen molar-refractivity contribution in [2.24, 2.45) is 0 Å². The number of carbonyl (C=O) groups excluding carboxylic acids is 2. The number of aromatic hydroxyl groups is 1. The van der Waals surface area contributed by atoms with Crippen LogP contribution in [0, 0.1) is 11.3 Å². The number of phenolic OH excluding ortho intramolecular Hbond substituents is 1. The first-order valence-corrected chi connectivity index (χ1v) is 8.36. The van der Waals surface area contributed by atoms with Crippen LogP contribution in [0.2, 0.25) is 0 Å². The predicted molar refractivity (Wildman–Crippen MR) is 92.6 cm³/mol. The molecule has 3 rings (SSSR count). The van der Waals surface area contributed by atoms with Gasteiger partial charge in [-0.1, -0.05) is 12.1 Å². The molecular weight excluding hydrogens is 432 g/mol. The largest absolute Gasteiger partial charge is 0.508 e. The lowest BCUT2D eigenvalue weighted by atomic mass is 9.87. The van der Waals surface area contributed by atoms with Crippen LogP contribution in [0.15, 0.2) is 42.5 Å². The monoisotopic (exact) mass is 443 g/mol. The molecule has 0 spiro atoms. The van der Waals surface area contributed by atoms with E-state index in [0.29, 0.717) is 13.1 Å². The Labute approximate surface area is 170 Å². The van der Waals surface area contributed by atoms with E-state index in [1.165, 1.54) is 6.07 Å². The number of nitrogens with zero attached hydrogens (tertiary/aromatic N) is 3. The molecule has 0 aliphatic carbocycles. The minimum absolute atomic E-state index is 0.0171. The van der Waals surface area contributed by atoms with Crippen LogP contribution in [0.3, 0.4) is 0 Å². The maximum absolute atomic E-state index is 14.2. The molecule has 2 aromatic carbocycles. The molecule has 0 radical (unpaired) electrons. The molecular formula is C19H11F6N3O3. The Morgan fingerprint density at radius 2 is 1.58 bits per heavy atom. The van der Waals surface area contributed by atoms with E-state index in [0.717, 1.165) is 30.3 Å². The molecule has 1 saturated heterocycles. The molecule has 1 fully saturated rings. The van der Waals surface area contributed by atoms with Crippen LogP contribution in [0.5, 0.6) is 5.75 Å². The van der Waals surface area contributed by atoms with Gasteiger partial charge in [0.25, 0.3) is 5.91 Å². The van der Waals surface area contributed by atoms with Crippen molar-refractivity contribution >= 4 is 17.6 Å². The summed E-state index contributed by atoms with van der Waals surface area (Å²) < 4.78 is 82.5. The van der Waals surface area contributed by atoms with Gasteiger partial charge < -0.3 is 10.0 Å². The molecule has 162 valence electrons. The van der Waals surface area contributed by atoms with E-state index in [2.05, 4.69) is 0 Å². The molecule has 0 saturated carbocycles. The number of rotatable bonds is 2. The van der Waals surface area contributed by atoms with Crippen molar-refractivity contribution in [3.63, 3.8) is 0 Å². The molecule has 1 unspecified atom stereocenters. The summed E-state index contributed by atoms with van der Waals surface area (Å²) in [5.41, 5.74) is -7.37. The summed E-state index contributed by atoms with van der Waals surface area (Å²) in [6.45, 7) is 0. The van der Waals surface area contributed by atoms with Gasteiger partial charge in [0.1, 0.15) is 5.75 Å². The lowest BCUT2D eigenvalue weighted by molar-refractivity contribution is -0.215. The first-order chi connectivity index (χ1) is 14.3. The van der Waals surface area contributed by atoms with Gasteiger partial charge in [-0.2, -0.15) is 31.6 Å². The number of hydrogen-bond donors (Lipinski definition) is 1. The van der Waals surface area contributed by atoms with Crippen molar-refractivity contribution in [2.75, 3.05) is 11.9 Å². The van der Waals surface area contributed by atoms with Crippen molar-refractivity contribution < 1.29 is 41.0 Å². The third-order valence-corrected chi connectivity index (χ3v) is 4.88. The Balaban J connectivity index is 2.25. The number of hydrogen-bond acceptors (Lipinski definition) is 4. The van der Waals surface area contributed by atoms with Crippen LogP contribution in [0.25, 0.3) is 0 Å². The molecule has 1 N–H and O–H groups in total. The number of likely N-dealkylation sites (N-methyl/N-ethyl adjacent to an activating group) is 1. The van der Waals surface area contributed by atoms with Gasteiger partial charge in [0.15, 0.2) is 0 Å². The highest BCUT2D eigenvalue weighted by Gasteiger charge is 2.72. The summed E-state index contributed by atoms with van der Waals surface area (Å²) >= 11 is 0. The molecule has 3 amide bonds. The van der Waals surface area contributed by atoms with E-state index in [1.54, 1.807) is 0 Å². The fourth-order valence-corrected chi connectivity index (χ4v) is 3.41. The molecule has 1 aliphatic rings. The fourth-order valence-electron chi connectivity index (χ4n) is 3.41. The van der Waals surface area contributed by atoms with Crippen LogP contribution in [0.4, 0.5) is 36.8 Å². The number of benzene rings is 2. The van der Waals surface area contributed by atoms with E-state index in [-0.39, 0.29) is 15.9 Å². The molecule has 2 aromatic rings. The van der Waals surface area contributed by atoms with Crippen molar-refractivity contribution in [2.45, 2.75) is 17.9 Å². The second kappa shape index (κ2) is 6.90. The maximum atomic E-state index is 14.2. The second-order valence-electron chi connectivity index (χ2n) is 6.58. The van der Waals surface area contributed by atoms with E-state index in [9.17, 15) is 41.0 Å². The Bertz CT molecular complexity index is 1100. The van der Waals surface area contributed by atoms with Crippen molar-refractivity contribution in [3.8, 4) is 11.8 Å². The van der Waals surface area contributed by atoms with E-state index >= 15 is 0 Å². The summed E-state index contributed by atoms with van der Waals surface area (Å²) in [4.78, 5) is 25.8. The summed E-state index contributed by atoms with van der Waals surface area (Å²) in [6, 6.07) is 4.81. The molecule has 1 aliphatic heterocycles. The van der Waals surface area contributed by atoms with Gasteiger partial charge in [0, 0.05) is 7.05 Å². The van der Waals surface area contributed by atoms with Gasteiger partial charge in [-0.15, -0.1) is 0 Å². The molecule has 31 heavy (non-hydrogen) atoms. The SMILES string of the molecule is CN1C(=O)N(c2ccc(C#N)c(C(F)(F)F)c2)C(=O)C1(c1ccc(O)cc1)C(F)(F)F. The molecule has 1 heterocycles. The summed E-state index contributed by atoms with van der Waals surface area (Å²) in [5.74, 6) is -2.25. The number of amides is 3. The number of anilines is 1. The number of nitriles is 1. The van der Waals surface area contributed by atoms with Crippen LogP contribution in [-0.2, 0) is 16.5 Å². The van der Waals surface area contributed by atoms with Gasteiger partial charge in [0.2, 0.25) is 5.54 Å². The van der Waals surface area contributed by atoms with Gasteiger partial charge in [-0.25, -0.2) is 9.69 Å². The number of imide groups is 1. The lowest BCUT2D eigenvalue weighted by Gasteiger charge is -2.34. The first kappa shape index (κ1) is 21.9. The van der Waals surface area contributed by atoms with Crippen LogP contribution >= 0.6 is 0 Å². The second-order valence-corrected chi connectivity index (χ2v) is 6.58. The number of halogens is 6. The topological polar surface area (TPSA) is 84.6 Å². The van der Waals surface area contributed by atoms with Crippen LogP contribution in [-0.4, -0.2) is 35.2 Å². The minimum Gasteiger partial charge on any atom is -0.508 e. The Hall–Kier alpha value is -3.75. The number of phenols is 1. The zero-order valence-electron chi connectivity index (χ0n) is 15.4. The highest BCUT2D eigenvalue weighted by molar-refractivity contribution is 6.23. The molecule has 6 nitrogen and oxygen atoms in total. The van der Waals surface area contributed by atoms with Gasteiger partial charge in [0.05, 0.1) is 22.9 Å². The predicted octanol–water partition coefficient (Wildman–Crippen LogP) is 4.14. The smallest absolute Gasteiger partial charge is 0.425 e. The number of urea groups is 1. The Morgan fingerprint density at radius 1 is 1.00 bits per heavy atom. The maximum Gasteiger partial charge on any atom is 0.425 e. The summed E-state index contributed by atoms with van der Waals surface area (Å²) in [7, 11) is 0.689. The molecule has 0 aromatic heterocycles.